The van der Waals surface area contributed by atoms with Crippen LogP contribution >= 0.6 is 22.7 Å². The number of halogens is 3. The molecule has 25 heavy (non-hydrogen) atoms. The van der Waals surface area contributed by atoms with Gasteiger partial charge in [0.1, 0.15) is 5.01 Å². The number of hydrogen-bond donors (Lipinski definition) is 1. The van der Waals surface area contributed by atoms with Gasteiger partial charge >= 0.3 is 12.1 Å². The fraction of sp³-hybridized carbons (Fsp3) is 0.400. The highest BCUT2D eigenvalue weighted by molar-refractivity contribution is 7.20. The van der Waals surface area contributed by atoms with Crippen LogP contribution in [0.5, 0.6) is 0 Å². The molecule has 0 aromatic carbocycles. The molecular weight excluding hydrogens is 377 g/mol. The molecule has 0 unspecified atom stereocenters. The van der Waals surface area contributed by atoms with Crippen LogP contribution in [0.1, 0.15) is 5.69 Å². The standard InChI is InChI=1S/C15H13F3N2O3S2/c16-15(17,18)10-6-20(5-9(10)14(22)23)12(21)4-8-7-25-13(19-8)11-2-1-3-24-11/h1-3,7,9-10H,4-6H2,(H,22,23)/t9-,10-/m1/s1. The average Bonchev–Trinajstić information content (AvgIpc) is 3.26. The highest BCUT2D eigenvalue weighted by atomic mass is 32.1. The lowest BCUT2D eigenvalue weighted by molar-refractivity contribution is -0.188. The van der Waals surface area contributed by atoms with Gasteiger partial charge in [-0.3, -0.25) is 9.59 Å². The van der Waals surface area contributed by atoms with Crippen LogP contribution in [-0.4, -0.2) is 46.1 Å². The van der Waals surface area contributed by atoms with Gasteiger partial charge in [0.05, 0.1) is 28.8 Å². The third-order valence-electron chi connectivity index (χ3n) is 4.03. The van der Waals surface area contributed by atoms with E-state index in [4.69, 9.17) is 5.11 Å². The largest absolute Gasteiger partial charge is 0.481 e. The molecule has 1 saturated heterocycles. The molecule has 2 atom stereocenters. The van der Waals surface area contributed by atoms with E-state index in [0.717, 1.165) is 14.8 Å². The number of amides is 1. The summed E-state index contributed by atoms with van der Waals surface area (Å²) >= 11 is 2.86. The number of carboxylic acid groups (broad SMARTS) is 1. The topological polar surface area (TPSA) is 70.5 Å². The van der Waals surface area contributed by atoms with Crippen molar-refractivity contribution in [1.82, 2.24) is 9.88 Å². The molecule has 0 bridgehead atoms. The van der Waals surface area contributed by atoms with Crippen LogP contribution in [0, 0.1) is 11.8 Å². The number of carbonyl (C=O) groups is 2. The first-order valence-electron chi connectivity index (χ1n) is 7.31. The fourth-order valence-corrected chi connectivity index (χ4v) is 4.39. The number of aromatic nitrogens is 1. The molecule has 1 fully saturated rings. The van der Waals surface area contributed by atoms with Gasteiger partial charge in [0.25, 0.3) is 0 Å². The van der Waals surface area contributed by atoms with E-state index in [1.807, 2.05) is 17.5 Å². The number of carbonyl (C=O) groups excluding carboxylic acids is 1. The summed E-state index contributed by atoms with van der Waals surface area (Å²) in [5.41, 5.74) is 0.473. The van der Waals surface area contributed by atoms with Gasteiger partial charge in [-0.1, -0.05) is 6.07 Å². The van der Waals surface area contributed by atoms with E-state index in [1.165, 1.54) is 22.7 Å². The molecule has 0 aliphatic carbocycles. The summed E-state index contributed by atoms with van der Waals surface area (Å²) in [5.74, 6) is -5.74. The van der Waals surface area contributed by atoms with Crippen LogP contribution < -0.4 is 0 Å². The fourth-order valence-electron chi connectivity index (χ4n) is 2.76. The first-order valence-corrected chi connectivity index (χ1v) is 9.07. The van der Waals surface area contributed by atoms with Crippen LogP contribution in [0.3, 0.4) is 0 Å². The van der Waals surface area contributed by atoms with Crippen molar-refractivity contribution >= 4 is 34.6 Å². The van der Waals surface area contributed by atoms with E-state index < -0.39 is 43.0 Å². The Kier molecular flexibility index (Phi) is 4.83. The van der Waals surface area contributed by atoms with E-state index in [0.29, 0.717) is 5.69 Å². The number of hydrogen-bond acceptors (Lipinski definition) is 5. The lowest BCUT2D eigenvalue weighted by Gasteiger charge is -2.18. The zero-order chi connectivity index (χ0) is 18.2. The van der Waals surface area contributed by atoms with E-state index in [1.54, 1.807) is 5.38 Å². The maximum atomic E-state index is 13.0. The molecule has 10 heteroatoms. The minimum atomic E-state index is -4.65. The van der Waals surface area contributed by atoms with Crippen molar-refractivity contribution in [3.8, 4) is 9.88 Å². The molecular formula is C15H13F3N2O3S2. The van der Waals surface area contributed by atoms with Crippen molar-refractivity contribution < 1.29 is 27.9 Å². The van der Waals surface area contributed by atoms with E-state index >= 15 is 0 Å². The lowest BCUT2D eigenvalue weighted by atomic mass is 9.96. The Bertz CT molecular complexity index is 773. The average molecular weight is 390 g/mol. The first kappa shape index (κ1) is 17.9. The molecule has 1 aliphatic rings. The summed E-state index contributed by atoms with van der Waals surface area (Å²) in [6, 6.07) is 3.76. The molecule has 134 valence electrons. The Morgan fingerprint density at radius 3 is 2.64 bits per heavy atom. The van der Waals surface area contributed by atoms with Crippen molar-refractivity contribution in [1.29, 1.82) is 0 Å². The van der Waals surface area contributed by atoms with Crippen LogP contribution in [0.2, 0.25) is 0 Å². The predicted molar refractivity (Wildman–Crippen MR) is 86.4 cm³/mol. The van der Waals surface area contributed by atoms with Crippen LogP contribution in [-0.2, 0) is 16.0 Å². The number of rotatable bonds is 4. The minimum absolute atomic E-state index is 0.140. The molecule has 0 spiro atoms. The van der Waals surface area contributed by atoms with E-state index in [9.17, 15) is 22.8 Å². The Labute approximate surface area is 148 Å². The summed E-state index contributed by atoms with van der Waals surface area (Å²) < 4.78 is 39.0. The van der Waals surface area contributed by atoms with Gasteiger partial charge < -0.3 is 10.0 Å². The second kappa shape index (κ2) is 6.75. The Balaban J connectivity index is 1.69. The monoisotopic (exact) mass is 390 g/mol. The summed E-state index contributed by atoms with van der Waals surface area (Å²) in [6.45, 7) is -1.05. The number of aliphatic carboxylic acids is 1. The molecule has 1 aliphatic heterocycles. The van der Waals surface area contributed by atoms with Gasteiger partial charge in [0.2, 0.25) is 5.91 Å². The van der Waals surface area contributed by atoms with Crippen LogP contribution in [0.25, 0.3) is 9.88 Å². The number of thiophene rings is 1. The SMILES string of the molecule is O=C(O)[C@@H]1CN(C(=O)Cc2csc(-c3cccs3)n2)C[C@H]1C(F)(F)F. The minimum Gasteiger partial charge on any atom is -0.481 e. The normalized spacial score (nSPS) is 20.8. The second-order valence-electron chi connectivity index (χ2n) is 5.69. The molecule has 0 radical (unpaired) electrons. The second-order valence-corrected chi connectivity index (χ2v) is 7.50. The van der Waals surface area contributed by atoms with Gasteiger partial charge in [0, 0.05) is 18.5 Å². The first-order chi connectivity index (χ1) is 11.8. The summed E-state index contributed by atoms with van der Waals surface area (Å²) in [5, 5.41) is 13.3. The van der Waals surface area contributed by atoms with E-state index in [2.05, 4.69) is 4.98 Å². The summed E-state index contributed by atoms with van der Waals surface area (Å²) in [7, 11) is 0. The summed E-state index contributed by atoms with van der Waals surface area (Å²) in [6.07, 6.45) is -4.79. The lowest BCUT2D eigenvalue weighted by Crippen LogP contribution is -2.34. The molecule has 2 aromatic rings. The zero-order valence-electron chi connectivity index (χ0n) is 12.7. The highest BCUT2D eigenvalue weighted by Gasteiger charge is 2.53. The third kappa shape index (κ3) is 3.84. The van der Waals surface area contributed by atoms with Gasteiger partial charge in [-0.2, -0.15) is 13.2 Å². The molecule has 1 N–H and O–H groups in total. The van der Waals surface area contributed by atoms with Crippen LogP contribution in [0.15, 0.2) is 22.9 Å². The zero-order valence-corrected chi connectivity index (χ0v) is 14.3. The van der Waals surface area contributed by atoms with E-state index in [-0.39, 0.29) is 6.42 Å². The smallest absolute Gasteiger partial charge is 0.394 e. The van der Waals surface area contributed by atoms with Gasteiger partial charge in [0.15, 0.2) is 0 Å². The number of nitrogens with zero attached hydrogens (tertiary/aromatic N) is 2. The quantitative estimate of drug-likeness (QED) is 0.871. The number of thiazole rings is 1. The molecule has 1 amide bonds. The molecule has 2 aromatic heterocycles. The van der Waals surface area contributed by atoms with Crippen molar-refractivity contribution in [3.05, 3.63) is 28.6 Å². The summed E-state index contributed by atoms with van der Waals surface area (Å²) in [4.78, 5) is 29.6. The van der Waals surface area contributed by atoms with Gasteiger partial charge in [-0.05, 0) is 11.4 Å². The number of likely N-dealkylation sites (tertiary alicyclic amines) is 1. The number of carboxylic acids is 1. The Hall–Kier alpha value is -1.94. The maximum Gasteiger partial charge on any atom is 0.394 e. The molecule has 5 nitrogen and oxygen atoms in total. The molecule has 3 rings (SSSR count). The van der Waals surface area contributed by atoms with Crippen molar-refractivity contribution in [2.24, 2.45) is 11.8 Å². The third-order valence-corrected chi connectivity index (χ3v) is 5.96. The van der Waals surface area contributed by atoms with Crippen molar-refractivity contribution in [2.45, 2.75) is 12.6 Å². The van der Waals surface area contributed by atoms with Gasteiger partial charge in [-0.15, -0.1) is 22.7 Å². The van der Waals surface area contributed by atoms with Crippen molar-refractivity contribution in [3.63, 3.8) is 0 Å². The predicted octanol–water partition coefficient (Wildman–Crippen LogP) is 3.14. The molecule has 0 saturated carbocycles. The maximum absolute atomic E-state index is 13.0. The Morgan fingerprint density at radius 2 is 2.08 bits per heavy atom. The van der Waals surface area contributed by atoms with Crippen LogP contribution in [0.4, 0.5) is 13.2 Å². The molecule has 3 heterocycles. The highest BCUT2D eigenvalue weighted by Crippen LogP contribution is 2.38. The van der Waals surface area contributed by atoms with Gasteiger partial charge in [-0.25, -0.2) is 4.98 Å². The Morgan fingerprint density at radius 1 is 1.32 bits per heavy atom. The van der Waals surface area contributed by atoms with Crippen molar-refractivity contribution in [2.75, 3.05) is 13.1 Å². The number of alkyl halides is 3.